The van der Waals surface area contributed by atoms with Crippen LogP contribution in [0, 0.1) is 5.82 Å². The molecule has 2 N–H and O–H groups in total. The number of halogens is 1. The molecule has 0 heterocycles. The molecule has 0 unspecified atom stereocenters. The van der Waals surface area contributed by atoms with Crippen LogP contribution >= 0.6 is 0 Å². The van der Waals surface area contributed by atoms with Crippen LogP contribution in [0.15, 0.2) is 72.8 Å². The maximum absolute atomic E-state index is 13.8. The Morgan fingerprint density at radius 3 is 2.25 bits per heavy atom. The number of benzene rings is 3. The molecular weight excluding hydrogens is 359 g/mol. The van der Waals surface area contributed by atoms with Gasteiger partial charge in [-0.2, -0.15) is 0 Å². The Balaban J connectivity index is 1.76. The van der Waals surface area contributed by atoms with Gasteiger partial charge in [0.25, 0.3) is 5.91 Å². The lowest BCUT2D eigenvalue weighted by Crippen LogP contribution is -2.20. The number of carbonyl (C=O) groups is 2. The molecule has 3 aromatic carbocycles. The van der Waals surface area contributed by atoms with Crippen LogP contribution in [-0.4, -0.2) is 18.9 Å². The average molecular weight is 378 g/mol. The molecule has 0 aliphatic heterocycles. The molecule has 5 nitrogen and oxygen atoms in total. The van der Waals surface area contributed by atoms with E-state index in [0.717, 1.165) is 0 Å². The molecule has 0 aliphatic rings. The third-order valence-electron chi connectivity index (χ3n) is 4.11. The molecule has 2 amide bonds. The van der Waals surface area contributed by atoms with Crippen molar-refractivity contribution in [2.45, 2.75) is 6.42 Å². The Labute approximate surface area is 162 Å². The number of amides is 2. The summed E-state index contributed by atoms with van der Waals surface area (Å²) in [5, 5.41) is 5.46. The van der Waals surface area contributed by atoms with Crippen LogP contribution in [0.4, 0.5) is 15.8 Å². The highest BCUT2D eigenvalue weighted by Gasteiger charge is 2.15. The van der Waals surface area contributed by atoms with Crippen LogP contribution in [0.25, 0.3) is 0 Å². The molecule has 28 heavy (non-hydrogen) atoms. The zero-order valence-electron chi connectivity index (χ0n) is 15.2. The molecular formula is C22H19FN2O3. The van der Waals surface area contributed by atoms with Gasteiger partial charge in [-0.1, -0.05) is 42.5 Å². The van der Waals surface area contributed by atoms with Crippen molar-refractivity contribution in [3.05, 3.63) is 89.7 Å². The van der Waals surface area contributed by atoms with Gasteiger partial charge < -0.3 is 15.4 Å². The van der Waals surface area contributed by atoms with Gasteiger partial charge in [0.2, 0.25) is 5.91 Å². The quantitative estimate of drug-likeness (QED) is 0.673. The first kappa shape index (κ1) is 19.1. The lowest BCUT2D eigenvalue weighted by molar-refractivity contribution is -0.115. The van der Waals surface area contributed by atoms with Crippen molar-refractivity contribution < 1.29 is 18.7 Å². The number of rotatable bonds is 6. The molecule has 6 heteroatoms. The maximum Gasteiger partial charge on any atom is 0.257 e. The molecule has 0 aromatic heterocycles. The second-order valence-corrected chi connectivity index (χ2v) is 6.02. The summed E-state index contributed by atoms with van der Waals surface area (Å²) in [4.78, 5) is 25.1. The molecule has 142 valence electrons. The second kappa shape index (κ2) is 8.81. The lowest BCUT2D eigenvalue weighted by atomic mass is 10.1. The van der Waals surface area contributed by atoms with Crippen molar-refractivity contribution in [1.82, 2.24) is 0 Å². The van der Waals surface area contributed by atoms with Gasteiger partial charge in [-0.05, 0) is 35.9 Å². The minimum Gasteiger partial charge on any atom is -0.495 e. The van der Waals surface area contributed by atoms with Gasteiger partial charge in [-0.15, -0.1) is 0 Å². The fraction of sp³-hybridized carbons (Fsp3) is 0.0909. The van der Waals surface area contributed by atoms with Crippen molar-refractivity contribution >= 4 is 23.2 Å². The topological polar surface area (TPSA) is 67.4 Å². The monoisotopic (exact) mass is 378 g/mol. The van der Waals surface area contributed by atoms with Gasteiger partial charge in [0.15, 0.2) is 0 Å². The van der Waals surface area contributed by atoms with Crippen LogP contribution in [0.5, 0.6) is 5.75 Å². The lowest BCUT2D eigenvalue weighted by Gasteiger charge is -2.13. The standard InChI is InChI=1S/C22H19FN2O3/c1-28-20-13-7-6-12-19(20)25-22(27)16-9-3-5-11-18(16)24-21(26)14-15-8-2-4-10-17(15)23/h2-13H,14H2,1H3,(H,24,26)(H,25,27). The fourth-order valence-electron chi connectivity index (χ4n) is 2.74. The summed E-state index contributed by atoms with van der Waals surface area (Å²) in [5.41, 5.74) is 1.44. The first-order valence-corrected chi connectivity index (χ1v) is 8.65. The first-order valence-electron chi connectivity index (χ1n) is 8.65. The van der Waals surface area contributed by atoms with Gasteiger partial charge >= 0.3 is 0 Å². The predicted octanol–water partition coefficient (Wildman–Crippen LogP) is 4.27. The summed E-state index contributed by atoms with van der Waals surface area (Å²) in [7, 11) is 1.52. The van der Waals surface area contributed by atoms with Gasteiger partial charge in [0, 0.05) is 0 Å². The van der Waals surface area contributed by atoms with E-state index in [4.69, 9.17) is 4.74 Å². The van der Waals surface area contributed by atoms with Crippen molar-refractivity contribution in [2.75, 3.05) is 17.7 Å². The molecule has 0 fully saturated rings. The number of carbonyl (C=O) groups excluding carboxylic acids is 2. The van der Waals surface area contributed by atoms with Crippen molar-refractivity contribution in [2.24, 2.45) is 0 Å². The second-order valence-electron chi connectivity index (χ2n) is 6.02. The SMILES string of the molecule is COc1ccccc1NC(=O)c1ccccc1NC(=O)Cc1ccccc1F. The van der Waals surface area contributed by atoms with Crippen molar-refractivity contribution in [1.29, 1.82) is 0 Å². The number of para-hydroxylation sites is 3. The van der Waals surface area contributed by atoms with Crippen LogP contribution < -0.4 is 15.4 Å². The summed E-state index contributed by atoms with van der Waals surface area (Å²) in [6.45, 7) is 0. The molecule has 0 bridgehead atoms. The number of hydrogen-bond acceptors (Lipinski definition) is 3. The van der Waals surface area contributed by atoms with E-state index in [9.17, 15) is 14.0 Å². The smallest absolute Gasteiger partial charge is 0.257 e. The Kier molecular flexibility index (Phi) is 6.01. The minimum atomic E-state index is -0.445. The van der Waals surface area contributed by atoms with Gasteiger partial charge in [0.1, 0.15) is 11.6 Å². The highest BCUT2D eigenvalue weighted by atomic mass is 19.1. The summed E-state index contributed by atoms with van der Waals surface area (Å²) >= 11 is 0. The molecule has 0 radical (unpaired) electrons. The number of hydrogen-bond donors (Lipinski definition) is 2. The fourth-order valence-corrected chi connectivity index (χ4v) is 2.74. The van der Waals surface area contributed by atoms with Gasteiger partial charge in [0.05, 0.1) is 30.5 Å². The Morgan fingerprint density at radius 2 is 1.50 bits per heavy atom. The third kappa shape index (κ3) is 4.54. The maximum atomic E-state index is 13.8. The number of methoxy groups -OCH3 is 1. The van der Waals surface area contributed by atoms with Crippen molar-refractivity contribution in [3.8, 4) is 5.75 Å². The van der Waals surface area contributed by atoms with E-state index >= 15 is 0 Å². The highest BCUT2D eigenvalue weighted by Crippen LogP contribution is 2.25. The predicted molar refractivity (Wildman–Crippen MR) is 106 cm³/mol. The van der Waals surface area contributed by atoms with Crippen LogP contribution in [-0.2, 0) is 11.2 Å². The molecule has 0 saturated carbocycles. The van der Waals surface area contributed by atoms with E-state index in [2.05, 4.69) is 10.6 Å². The van der Waals surface area contributed by atoms with Gasteiger partial charge in [-0.3, -0.25) is 9.59 Å². The molecule has 3 rings (SSSR count). The molecule has 3 aromatic rings. The Hall–Kier alpha value is -3.67. The molecule has 0 spiro atoms. The van der Waals surface area contributed by atoms with Crippen LogP contribution in [0.2, 0.25) is 0 Å². The summed E-state index contributed by atoms with van der Waals surface area (Å²) in [5.74, 6) is -0.731. The number of anilines is 2. The Morgan fingerprint density at radius 1 is 0.857 bits per heavy atom. The highest BCUT2D eigenvalue weighted by molar-refractivity contribution is 6.10. The van der Waals surface area contributed by atoms with E-state index in [1.165, 1.54) is 13.2 Å². The molecule has 0 atom stereocenters. The first-order chi connectivity index (χ1) is 13.6. The number of ether oxygens (including phenoxy) is 1. The molecule has 0 aliphatic carbocycles. The zero-order chi connectivity index (χ0) is 19.9. The van der Waals surface area contributed by atoms with E-state index in [1.807, 2.05) is 0 Å². The Bertz CT molecular complexity index is 1000. The van der Waals surface area contributed by atoms with Crippen molar-refractivity contribution in [3.63, 3.8) is 0 Å². The minimum absolute atomic E-state index is 0.130. The van der Waals surface area contributed by atoms with Gasteiger partial charge in [-0.25, -0.2) is 4.39 Å². The van der Waals surface area contributed by atoms with Crippen LogP contribution in [0.3, 0.4) is 0 Å². The summed E-state index contributed by atoms with van der Waals surface area (Å²) in [6, 6.07) is 19.7. The van der Waals surface area contributed by atoms with E-state index in [-0.39, 0.29) is 17.5 Å². The zero-order valence-corrected chi connectivity index (χ0v) is 15.2. The van der Waals surface area contributed by atoms with E-state index in [0.29, 0.717) is 17.1 Å². The van der Waals surface area contributed by atoms with E-state index in [1.54, 1.807) is 66.7 Å². The number of nitrogens with one attached hydrogen (secondary N) is 2. The average Bonchev–Trinajstić information content (AvgIpc) is 2.70. The summed E-state index contributed by atoms with van der Waals surface area (Å²) in [6.07, 6.45) is -0.130. The molecule has 0 saturated heterocycles. The normalized spacial score (nSPS) is 10.2. The third-order valence-corrected chi connectivity index (χ3v) is 4.11. The largest absolute Gasteiger partial charge is 0.495 e. The van der Waals surface area contributed by atoms with E-state index < -0.39 is 17.6 Å². The summed E-state index contributed by atoms with van der Waals surface area (Å²) < 4.78 is 19.0. The van der Waals surface area contributed by atoms with Crippen LogP contribution in [0.1, 0.15) is 15.9 Å².